The molecule has 1 aliphatic rings. The number of rotatable bonds is 6. The van der Waals surface area contributed by atoms with Gasteiger partial charge in [-0.15, -0.1) is 0 Å². The van der Waals surface area contributed by atoms with E-state index in [9.17, 15) is 14.7 Å². The van der Waals surface area contributed by atoms with Gasteiger partial charge in [0.05, 0.1) is 12.4 Å². The normalized spacial score (nSPS) is 15.2. The molecule has 0 saturated heterocycles. The molecule has 5 nitrogen and oxygen atoms in total. The molecule has 3 aromatic rings. The molecule has 0 spiro atoms. The summed E-state index contributed by atoms with van der Waals surface area (Å²) in [5, 5.41) is 10.0. The highest BCUT2D eigenvalue weighted by Gasteiger charge is 2.37. The molecule has 1 N–H and O–H groups in total. The van der Waals surface area contributed by atoms with Gasteiger partial charge in [-0.2, -0.15) is 0 Å². The van der Waals surface area contributed by atoms with E-state index in [1.807, 2.05) is 18.2 Å². The van der Waals surface area contributed by atoms with Crippen molar-refractivity contribution in [2.45, 2.75) is 37.6 Å². The van der Waals surface area contributed by atoms with Gasteiger partial charge in [-0.25, -0.2) is 0 Å². The predicted molar refractivity (Wildman–Crippen MR) is 111 cm³/mol. The number of carbonyl (C=O) groups is 1. The van der Waals surface area contributed by atoms with E-state index in [-0.39, 0.29) is 17.6 Å². The second-order valence-electron chi connectivity index (χ2n) is 7.62. The topological polar surface area (TPSA) is 68.5 Å². The van der Waals surface area contributed by atoms with Crippen LogP contribution in [-0.4, -0.2) is 16.1 Å². The van der Waals surface area contributed by atoms with E-state index < -0.39 is 11.2 Å². The molecule has 4 rings (SSSR count). The van der Waals surface area contributed by atoms with Crippen molar-refractivity contribution >= 4 is 6.47 Å². The summed E-state index contributed by atoms with van der Waals surface area (Å²) in [6.07, 6.45) is 7.17. The quantitative estimate of drug-likeness (QED) is 0.640. The van der Waals surface area contributed by atoms with E-state index in [4.69, 9.17) is 4.74 Å². The summed E-state index contributed by atoms with van der Waals surface area (Å²) >= 11 is 0. The summed E-state index contributed by atoms with van der Waals surface area (Å²) in [6.45, 7) is 0.788. The third kappa shape index (κ3) is 3.68. The van der Waals surface area contributed by atoms with Crippen LogP contribution >= 0.6 is 0 Å². The van der Waals surface area contributed by atoms with Crippen LogP contribution in [0.25, 0.3) is 11.1 Å². The van der Waals surface area contributed by atoms with Gasteiger partial charge in [-0.05, 0) is 29.5 Å². The number of hydrogen-bond donors (Lipinski definition) is 1. The van der Waals surface area contributed by atoms with Gasteiger partial charge in [0.2, 0.25) is 0 Å². The maximum absolute atomic E-state index is 12.0. The first-order valence-corrected chi connectivity index (χ1v) is 9.81. The van der Waals surface area contributed by atoms with Crippen LogP contribution in [0.2, 0.25) is 0 Å². The molecule has 0 atom stereocenters. The Kier molecular flexibility index (Phi) is 5.21. The van der Waals surface area contributed by atoms with Crippen molar-refractivity contribution in [3.8, 4) is 22.6 Å². The number of aromatic hydroxyl groups is 1. The molecule has 1 saturated carbocycles. The fraction of sp³-hybridized carbons (Fsp3) is 0.250. The van der Waals surface area contributed by atoms with Crippen LogP contribution in [0.15, 0.2) is 71.8 Å². The molecule has 1 fully saturated rings. The monoisotopic (exact) mass is 389 g/mol. The molecule has 0 amide bonds. The van der Waals surface area contributed by atoms with Crippen LogP contribution in [0.3, 0.4) is 0 Å². The van der Waals surface area contributed by atoms with Gasteiger partial charge in [0.15, 0.2) is 11.5 Å². The van der Waals surface area contributed by atoms with Crippen molar-refractivity contribution in [1.29, 1.82) is 0 Å². The minimum Gasteiger partial charge on any atom is -0.503 e. The van der Waals surface area contributed by atoms with Gasteiger partial charge < -0.3 is 14.4 Å². The molecule has 5 heteroatoms. The molecular formula is C24H23NO4. The van der Waals surface area contributed by atoms with Crippen molar-refractivity contribution in [2.75, 3.05) is 0 Å². The van der Waals surface area contributed by atoms with Crippen molar-refractivity contribution in [1.82, 2.24) is 4.57 Å². The summed E-state index contributed by atoms with van der Waals surface area (Å²) in [5.74, 6) is -0.585. The number of ether oxygens (including phenoxy) is 1. The highest BCUT2D eigenvalue weighted by atomic mass is 16.5. The molecule has 0 bridgehead atoms. The molecule has 1 aromatic heterocycles. The molecule has 0 radical (unpaired) electrons. The van der Waals surface area contributed by atoms with Crippen LogP contribution in [-0.2, 0) is 16.8 Å². The average Bonchev–Trinajstić information content (AvgIpc) is 3.22. The summed E-state index contributed by atoms with van der Waals surface area (Å²) in [6, 6.07) is 18.8. The summed E-state index contributed by atoms with van der Waals surface area (Å²) in [5.41, 5.74) is 2.82. The summed E-state index contributed by atoms with van der Waals surface area (Å²) in [7, 11) is 0. The fourth-order valence-electron chi connectivity index (χ4n) is 4.54. The smallest absolute Gasteiger partial charge is 0.298 e. The first-order valence-electron chi connectivity index (χ1n) is 9.81. The molecule has 1 heterocycles. The molecule has 148 valence electrons. The fourth-order valence-corrected chi connectivity index (χ4v) is 4.54. The lowest BCUT2D eigenvalue weighted by Crippen LogP contribution is -2.29. The number of benzene rings is 2. The zero-order valence-corrected chi connectivity index (χ0v) is 16.1. The van der Waals surface area contributed by atoms with Crippen molar-refractivity contribution in [3.05, 3.63) is 82.8 Å². The maximum Gasteiger partial charge on any atom is 0.298 e. The zero-order chi connectivity index (χ0) is 20.3. The highest BCUT2D eigenvalue weighted by Crippen LogP contribution is 2.46. The van der Waals surface area contributed by atoms with E-state index in [1.54, 1.807) is 4.57 Å². The van der Waals surface area contributed by atoms with Crippen molar-refractivity contribution in [2.24, 2.45) is 0 Å². The second kappa shape index (κ2) is 7.95. The second-order valence-corrected chi connectivity index (χ2v) is 7.62. The lowest BCUT2D eigenvalue weighted by molar-refractivity contribution is -0.120. The first-order chi connectivity index (χ1) is 14.1. The van der Waals surface area contributed by atoms with Gasteiger partial charge in [0.1, 0.15) is 0 Å². The Labute approximate surface area is 169 Å². The predicted octanol–water partition coefficient (Wildman–Crippen LogP) is 4.27. The minimum atomic E-state index is -0.682. The van der Waals surface area contributed by atoms with Gasteiger partial charge in [0.25, 0.3) is 11.9 Å². The molecule has 0 aliphatic heterocycles. The van der Waals surface area contributed by atoms with Crippen LogP contribution in [0.4, 0.5) is 0 Å². The number of nitrogens with zero attached hydrogens (tertiary/aromatic N) is 1. The van der Waals surface area contributed by atoms with Gasteiger partial charge >= 0.3 is 0 Å². The number of aromatic nitrogens is 1. The van der Waals surface area contributed by atoms with E-state index in [0.717, 1.165) is 25.7 Å². The number of pyridine rings is 1. The van der Waals surface area contributed by atoms with Crippen molar-refractivity contribution < 1.29 is 14.6 Å². The Morgan fingerprint density at radius 3 is 2.41 bits per heavy atom. The zero-order valence-electron chi connectivity index (χ0n) is 16.1. The van der Waals surface area contributed by atoms with Crippen LogP contribution in [0.1, 0.15) is 31.2 Å². The number of carbonyl (C=O) groups excluding carboxylic acids is 1. The van der Waals surface area contributed by atoms with Crippen LogP contribution < -0.4 is 10.2 Å². The lowest BCUT2D eigenvalue weighted by atomic mass is 9.75. The van der Waals surface area contributed by atoms with Crippen LogP contribution in [0, 0.1) is 0 Å². The highest BCUT2D eigenvalue weighted by molar-refractivity contribution is 5.69. The van der Waals surface area contributed by atoms with Gasteiger partial charge in [-0.3, -0.25) is 9.59 Å². The molecule has 0 unspecified atom stereocenters. The summed E-state index contributed by atoms with van der Waals surface area (Å²) in [4.78, 5) is 22.7. The standard InChI is InChI=1S/C24H23NO4/c26-17-29-22-15-25(14-21(27)23(22)28)16-24(12-6-7-13-24)20-11-5-4-10-19(20)18-8-2-1-3-9-18/h1-5,8-11,14-15,17,27H,6-7,12-13,16H2. The Bertz CT molecular complexity index is 1070. The van der Waals surface area contributed by atoms with E-state index >= 15 is 0 Å². The van der Waals surface area contributed by atoms with Crippen LogP contribution in [0.5, 0.6) is 11.5 Å². The largest absolute Gasteiger partial charge is 0.503 e. The maximum atomic E-state index is 12.0. The average molecular weight is 389 g/mol. The number of hydrogen-bond acceptors (Lipinski definition) is 4. The Morgan fingerprint density at radius 2 is 1.69 bits per heavy atom. The molecule has 2 aromatic carbocycles. The third-order valence-corrected chi connectivity index (χ3v) is 5.83. The molecule has 1 aliphatic carbocycles. The SMILES string of the molecule is O=COc1cn(CC2(c3ccccc3-c3ccccc3)CCCC2)cc(O)c1=O. The minimum absolute atomic E-state index is 0.133. The Morgan fingerprint density at radius 1 is 1.00 bits per heavy atom. The van der Waals surface area contributed by atoms with E-state index in [1.165, 1.54) is 29.1 Å². The van der Waals surface area contributed by atoms with Gasteiger partial charge in [-0.1, -0.05) is 67.4 Å². The summed E-state index contributed by atoms with van der Waals surface area (Å²) < 4.78 is 6.55. The Hall–Kier alpha value is -3.34. The van der Waals surface area contributed by atoms with E-state index in [0.29, 0.717) is 6.54 Å². The Balaban J connectivity index is 1.80. The van der Waals surface area contributed by atoms with Crippen molar-refractivity contribution in [3.63, 3.8) is 0 Å². The lowest BCUT2D eigenvalue weighted by Gasteiger charge is -2.33. The third-order valence-electron chi connectivity index (χ3n) is 5.83. The van der Waals surface area contributed by atoms with Gasteiger partial charge in [0, 0.05) is 12.0 Å². The first kappa shape index (κ1) is 19.0. The molecular weight excluding hydrogens is 366 g/mol. The molecule has 29 heavy (non-hydrogen) atoms. The van der Waals surface area contributed by atoms with E-state index in [2.05, 4.69) is 36.4 Å².